The van der Waals surface area contributed by atoms with Gasteiger partial charge in [-0.05, 0) is 40.5 Å². The van der Waals surface area contributed by atoms with Crippen LogP contribution in [0.25, 0.3) is 11.1 Å². The van der Waals surface area contributed by atoms with Crippen LogP contribution < -0.4 is 5.32 Å². The fourth-order valence-corrected chi connectivity index (χ4v) is 3.93. The van der Waals surface area contributed by atoms with E-state index in [9.17, 15) is 14.7 Å². The van der Waals surface area contributed by atoms with Crippen molar-refractivity contribution in [3.8, 4) is 28.7 Å². The van der Waals surface area contributed by atoms with E-state index in [4.69, 9.17) is 4.74 Å². The molecule has 0 saturated heterocycles. The predicted molar refractivity (Wildman–Crippen MR) is 124 cm³/mol. The molecular formula is C27H23NO5. The van der Waals surface area contributed by atoms with Crippen molar-refractivity contribution in [1.82, 2.24) is 5.32 Å². The highest BCUT2D eigenvalue weighted by Gasteiger charge is 2.28. The van der Waals surface area contributed by atoms with Gasteiger partial charge in [-0.15, -0.1) is 0 Å². The highest BCUT2D eigenvalue weighted by Crippen LogP contribution is 2.44. The van der Waals surface area contributed by atoms with E-state index in [1.807, 2.05) is 24.3 Å². The van der Waals surface area contributed by atoms with E-state index in [0.717, 1.165) is 11.1 Å². The minimum atomic E-state index is -0.631. The maximum atomic E-state index is 12.2. The van der Waals surface area contributed by atoms with Crippen LogP contribution in [0.15, 0.2) is 66.7 Å². The third kappa shape index (κ3) is 4.83. The molecule has 1 aliphatic carbocycles. The first-order chi connectivity index (χ1) is 16.1. The summed E-state index contributed by atoms with van der Waals surface area (Å²) in [5, 5.41) is 12.4. The van der Waals surface area contributed by atoms with Crippen LogP contribution in [-0.2, 0) is 9.47 Å². The number of carbonyl (C=O) groups is 2. The smallest absolute Gasteiger partial charge is 0.407 e. The minimum absolute atomic E-state index is 0.0152. The monoisotopic (exact) mass is 441 g/mol. The third-order valence-electron chi connectivity index (χ3n) is 5.50. The lowest BCUT2D eigenvalue weighted by molar-refractivity contribution is 0.0597. The molecule has 33 heavy (non-hydrogen) atoms. The molecule has 3 aromatic carbocycles. The number of methoxy groups -OCH3 is 1. The van der Waals surface area contributed by atoms with Crippen molar-refractivity contribution in [3.05, 3.63) is 89.0 Å². The van der Waals surface area contributed by atoms with Gasteiger partial charge in [0.25, 0.3) is 0 Å². The Balaban J connectivity index is 1.28. The standard InChI is InChI=1S/C27H23NO5/c1-32-26(30)23-16-18(13-14-25(23)29)8-6-7-15-28-27(31)33-17-24-21-11-4-2-9-19(21)20-10-3-5-12-22(20)24/h2-5,9-14,16,24,29H,7,15,17H2,1H3,(H,28,31). The van der Waals surface area contributed by atoms with Crippen LogP contribution in [-0.4, -0.2) is 37.4 Å². The maximum absolute atomic E-state index is 12.2. The number of phenolic OH excluding ortho intramolecular Hbond substituents is 1. The first-order valence-electron chi connectivity index (χ1n) is 10.6. The molecule has 0 heterocycles. The summed E-state index contributed by atoms with van der Waals surface area (Å²) in [7, 11) is 1.25. The number of fused-ring (bicyclic) bond motifs is 3. The molecule has 0 bridgehead atoms. The van der Waals surface area contributed by atoms with E-state index < -0.39 is 12.1 Å². The average Bonchev–Trinajstić information content (AvgIpc) is 3.16. The van der Waals surface area contributed by atoms with E-state index in [1.54, 1.807) is 6.07 Å². The summed E-state index contributed by atoms with van der Waals surface area (Å²) in [6.45, 7) is 0.584. The van der Waals surface area contributed by atoms with Crippen LogP contribution in [0, 0.1) is 11.8 Å². The zero-order chi connectivity index (χ0) is 23.2. The molecule has 0 unspecified atom stereocenters. The quantitative estimate of drug-likeness (QED) is 0.347. The second-order valence-electron chi connectivity index (χ2n) is 7.53. The van der Waals surface area contributed by atoms with Crippen molar-refractivity contribution >= 4 is 12.1 Å². The van der Waals surface area contributed by atoms with Gasteiger partial charge in [-0.1, -0.05) is 60.4 Å². The lowest BCUT2D eigenvalue weighted by atomic mass is 9.98. The second-order valence-corrected chi connectivity index (χ2v) is 7.53. The summed E-state index contributed by atoms with van der Waals surface area (Å²) in [6, 6.07) is 20.8. The average molecular weight is 441 g/mol. The SMILES string of the molecule is COC(=O)c1cc(C#CCCNC(=O)OCC2c3ccccc3-c3ccccc32)ccc1O. The molecule has 6 nitrogen and oxygen atoms in total. The van der Waals surface area contributed by atoms with Crippen LogP contribution >= 0.6 is 0 Å². The van der Waals surface area contributed by atoms with Gasteiger partial charge in [-0.25, -0.2) is 9.59 Å². The highest BCUT2D eigenvalue weighted by atomic mass is 16.5. The zero-order valence-corrected chi connectivity index (χ0v) is 18.1. The Labute approximate surface area is 192 Å². The number of benzene rings is 3. The predicted octanol–water partition coefficient (Wildman–Crippen LogP) is 4.46. The third-order valence-corrected chi connectivity index (χ3v) is 5.50. The number of ether oxygens (including phenoxy) is 2. The van der Waals surface area contributed by atoms with Crippen LogP contribution in [0.4, 0.5) is 4.79 Å². The van der Waals surface area contributed by atoms with E-state index in [1.165, 1.54) is 30.4 Å². The van der Waals surface area contributed by atoms with Gasteiger partial charge in [-0.2, -0.15) is 0 Å². The molecular weight excluding hydrogens is 418 g/mol. The number of esters is 1. The van der Waals surface area contributed by atoms with Crippen molar-refractivity contribution in [1.29, 1.82) is 0 Å². The molecule has 3 aromatic rings. The van der Waals surface area contributed by atoms with Crippen LogP contribution in [0.5, 0.6) is 5.75 Å². The fraction of sp³-hybridized carbons (Fsp3) is 0.185. The van der Waals surface area contributed by atoms with E-state index in [0.29, 0.717) is 18.5 Å². The first kappa shape index (κ1) is 22.0. The lowest BCUT2D eigenvalue weighted by Crippen LogP contribution is -2.26. The Kier molecular flexibility index (Phi) is 6.61. The number of hydrogen-bond donors (Lipinski definition) is 2. The molecule has 0 spiro atoms. The molecule has 1 aliphatic rings. The number of amides is 1. The van der Waals surface area contributed by atoms with Crippen LogP contribution in [0.3, 0.4) is 0 Å². The normalized spacial score (nSPS) is 11.5. The summed E-state index contributed by atoms with van der Waals surface area (Å²) < 4.78 is 10.1. The number of rotatable bonds is 5. The Morgan fingerprint density at radius 1 is 1.00 bits per heavy atom. The van der Waals surface area contributed by atoms with Gasteiger partial charge in [0.1, 0.15) is 17.9 Å². The Hall–Kier alpha value is -4.24. The van der Waals surface area contributed by atoms with Crippen molar-refractivity contribution < 1.29 is 24.2 Å². The largest absolute Gasteiger partial charge is 0.507 e. The topological polar surface area (TPSA) is 84.9 Å². The number of hydrogen-bond acceptors (Lipinski definition) is 5. The lowest BCUT2D eigenvalue weighted by Gasteiger charge is -2.14. The molecule has 2 N–H and O–H groups in total. The Bertz CT molecular complexity index is 1210. The molecule has 0 atom stereocenters. The molecule has 1 amide bonds. The van der Waals surface area contributed by atoms with E-state index in [-0.39, 0.29) is 23.8 Å². The molecule has 166 valence electrons. The number of carbonyl (C=O) groups excluding carboxylic acids is 2. The van der Waals surface area contributed by atoms with E-state index >= 15 is 0 Å². The summed E-state index contributed by atoms with van der Waals surface area (Å²) in [5.41, 5.74) is 5.31. The molecule has 0 fully saturated rings. The highest BCUT2D eigenvalue weighted by molar-refractivity contribution is 5.92. The van der Waals surface area contributed by atoms with Crippen molar-refractivity contribution in [3.63, 3.8) is 0 Å². The number of alkyl carbamates (subject to hydrolysis) is 1. The Morgan fingerprint density at radius 2 is 1.67 bits per heavy atom. The van der Waals surface area contributed by atoms with Crippen molar-refractivity contribution in [2.45, 2.75) is 12.3 Å². The van der Waals surface area contributed by atoms with Crippen molar-refractivity contribution in [2.75, 3.05) is 20.3 Å². The second kappa shape index (κ2) is 9.92. The van der Waals surface area contributed by atoms with Gasteiger partial charge in [0, 0.05) is 24.4 Å². The molecule has 6 heteroatoms. The summed E-state index contributed by atoms with van der Waals surface area (Å²) in [5.74, 6) is 5.05. The fourth-order valence-electron chi connectivity index (χ4n) is 3.93. The number of aromatic hydroxyl groups is 1. The summed E-state index contributed by atoms with van der Waals surface area (Å²) in [6.07, 6.45) is -0.0881. The summed E-state index contributed by atoms with van der Waals surface area (Å²) in [4.78, 5) is 23.8. The van der Waals surface area contributed by atoms with Gasteiger partial charge in [0.15, 0.2) is 0 Å². The number of nitrogens with one attached hydrogen (secondary N) is 1. The van der Waals surface area contributed by atoms with Gasteiger partial charge in [0.2, 0.25) is 0 Å². The minimum Gasteiger partial charge on any atom is -0.507 e. The first-order valence-corrected chi connectivity index (χ1v) is 10.6. The zero-order valence-electron chi connectivity index (χ0n) is 18.1. The molecule has 4 rings (SSSR count). The molecule has 0 radical (unpaired) electrons. The molecule has 0 saturated carbocycles. The van der Waals surface area contributed by atoms with E-state index in [2.05, 4.69) is 46.2 Å². The Morgan fingerprint density at radius 3 is 2.33 bits per heavy atom. The van der Waals surface area contributed by atoms with Gasteiger partial charge >= 0.3 is 12.1 Å². The molecule has 0 aliphatic heterocycles. The van der Waals surface area contributed by atoms with Crippen LogP contribution in [0.1, 0.15) is 39.4 Å². The van der Waals surface area contributed by atoms with Crippen molar-refractivity contribution in [2.24, 2.45) is 0 Å². The summed E-state index contributed by atoms with van der Waals surface area (Å²) >= 11 is 0. The van der Waals surface area contributed by atoms with Gasteiger partial charge in [-0.3, -0.25) is 0 Å². The molecule has 0 aromatic heterocycles. The number of phenols is 1. The van der Waals surface area contributed by atoms with Crippen LogP contribution in [0.2, 0.25) is 0 Å². The van der Waals surface area contributed by atoms with Gasteiger partial charge in [0.05, 0.1) is 7.11 Å². The van der Waals surface area contributed by atoms with Gasteiger partial charge < -0.3 is 19.9 Å². The maximum Gasteiger partial charge on any atom is 0.407 e.